The van der Waals surface area contributed by atoms with Crippen LogP contribution in [0.4, 0.5) is 0 Å². The van der Waals surface area contributed by atoms with Crippen LogP contribution in [0.5, 0.6) is 0 Å². The fraction of sp³-hybridized carbons (Fsp3) is 0.750. The van der Waals surface area contributed by atoms with Crippen molar-refractivity contribution in [3.05, 3.63) is 85.1 Å². The number of aliphatic hydroxyl groups excluding tert-OH is 1. The number of hydrogen-bond acceptors (Lipinski definition) is 5. The van der Waals surface area contributed by atoms with Crippen LogP contribution in [0.25, 0.3) is 0 Å². The largest absolute Gasteiger partial charge is 0.462 e. The summed E-state index contributed by atoms with van der Waals surface area (Å²) in [6.45, 7) is 4.05. The van der Waals surface area contributed by atoms with E-state index in [1.807, 2.05) is 0 Å². The number of carbonyl (C=O) groups is 2. The van der Waals surface area contributed by atoms with Crippen molar-refractivity contribution in [3.8, 4) is 0 Å². The molecule has 0 aromatic carbocycles. The summed E-state index contributed by atoms with van der Waals surface area (Å²) in [5.41, 5.74) is 0. The summed E-state index contributed by atoms with van der Waals surface area (Å²) in [4.78, 5) is 24.5. The van der Waals surface area contributed by atoms with Crippen molar-refractivity contribution < 1.29 is 24.2 Å². The molecule has 0 bridgehead atoms. The second-order valence-corrected chi connectivity index (χ2v) is 19.7. The highest BCUT2D eigenvalue weighted by Crippen LogP contribution is 2.17. The number of allylic oxidation sites excluding steroid dienone is 14. The van der Waals surface area contributed by atoms with Crippen molar-refractivity contribution in [1.82, 2.24) is 0 Å². The molecule has 0 fully saturated rings. The van der Waals surface area contributed by atoms with Gasteiger partial charge in [0.15, 0.2) is 6.10 Å². The third-order valence-corrected chi connectivity index (χ3v) is 13.0. The maximum Gasteiger partial charge on any atom is 0.306 e. The molecule has 0 saturated carbocycles. The molecule has 5 heteroatoms. The Morgan fingerprint density at radius 3 is 0.942 bits per heavy atom. The van der Waals surface area contributed by atoms with E-state index in [2.05, 4.69) is 98.9 Å². The van der Waals surface area contributed by atoms with E-state index in [-0.39, 0.29) is 25.2 Å². The molecule has 0 heterocycles. The van der Waals surface area contributed by atoms with E-state index in [9.17, 15) is 14.7 Å². The SMILES string of the molecule is CC/C=C\C/C=C\C/C=C\C/C=C\C/C=C\C/C=C\C/C=C\CCCCCCCCCCCCCCCCCCCC(=O)OC(CO)COC(=O)CCCCCCCCCCCCCCCCCC. The lowest BCUT2D eigenvalue weighted by Crippen LogP contribution is -2.28. The Bertz CT molecular complexity index is 1270. The second kappa shape index (κ2) is 59.4. The highest BCUT2D eigenvalue weighted by atomic mass is 16.6. The molecule has 0 aromatic rings. The molecule has 1 N–H and O–H groups in total. The topological polar surface area (TPSA) is 72.8 Å². The van der Waals surface area contributed by atoms with Crippen LogP contribution in [0.1, 0.15) is 290 Å². The molecule has 0 amide bonds. The highest BCUT2D eigenvalue weighted by Gasteiger charge is 2.16. The molecule has 398 valence electrons. The zero-order chi connectivity index (χ0) is 49.9. The molecular weight excluding hydrogens is 849 g/mol. The van der Waals surface area contributed by atoms with Crippen molar-refractivity contribution >= 4 is 11.9 Å². The molecule has 69 heavy (non-hydrogen) atoms. The molecular formula is C64H112O5. The van der Waals surface area contributed by atoms with Gasteiger partial charge in [0.1, 0.15) is 6.61 Å². The van der Waals surface area contributed by atoms with Gasteiger partial charge < -0.3 is 14.6 Å². The summed E-state index contributed by atoms with van der Waals surface area (Å²) in [7, 11) is 0. The van der Waals surface area contributed by atoms with Crippen molar-refractivity contribution in [2.24, 2.45) is 0 Å². The van der Waals surface area contributed by atoms with Crippen LogP contribution < -0.4 is 0 Å². The Morgan fingerprint density at radius 1 is 0.348 bits per heavy atom. The Balaban J connectivity index is 3.46. The van der Waals surface area contributed by atoms with E-state index in [0.29, 0.717) is 12.8 Å². The van der Waals surface area contributed by atoms with Gasteiger partial charge in [0.25, 0.3) is 0 Å². The lowest BCUT2D eigenvalue weighted by molar-refractivity contribution is -0.161. The second-order valence-electron chi connectivity index (χ2n) is 19.7. The minimum Gasteiger partial charge on any atom is -0.462 e. The lowest BCUT2D eigenvalue weighted by atomic mass is 10.0. The fourth-order valence-electron chi connectivity index (χ4n) is 8.54. The minimum atomic E-state index is -0.771. The van der Waals surface area contributed by atoms with Gasteiger partial charge in [-0.15, -0.1) is 0 Å². The van der Waals surface area contributed by atoms with Crippen LogP contribution in [0.2, 0.25) is 0 Å². The van der Waals surface area contributed by atoms with E-state index in [4.69, 9.17) is 9.47 Å². The molecule has 0 aliphatic heterocycles. The first-order valence-electron chi connectivity index (χ1n) is 29.6. The van der Waals surface area contributed by atoms with Gasteiger partial charge in [-0.05, 0) is 70.6 Å². The van der Waals surface area contributed by atoms with Gasteiger partial charge in [-0.25, -0.2) is 0 Å². The quantitative estimate of drug-likeness (QED) is 0.0374. The van der Waals surface area contributed by atoms with Gasteiger partial charge in [-0.2, -0.15) is 0 Å². The van der Waals surface area contributed by atoms with Crippen molar-refractivity contribution in [1.29, 1.82) is 0 Å². The highest BCUT2D eigenvalue weighted by molar-refractivity contribution is 5.70. The Kier molecular flexibility index (Phi) is 56.9. The maximum absolute atomic E-state index is 12.3. The van der Waals surface area contributed by atoms with Crippen molar-refractivity contribution in [2.45, 2.75) is 296 Å². The number of aliphatic hydroxyl groups is 1. The van der Waals surface area contributed by atoms with E-state index in [1.165, 1.54) is 180 Å². The number of esters is 2. The molecule has 0 aliphatic rings. The normalized spacial score (nSPS) is 12.8. The van der Waals surface area contributed by atoms with Crippen molar-refractivity contribution in [2.75, 3.05) is 13.2 Å². The number of rotatable bonds is 54. The van der Waals surface area contributed by atoms with E-state index >= 15 is 0 Å². The van der Waals surface area contributed by atoms with E-state index < -0.39 is 6.10 Å². The number of carbonyl (C=O) groups excluding carboxylic acids is 2. The minimum absolute atomic E-state index is 0.0628. The van der Waals surface area contributed by atoms with Gasteiger partial charge in [0.2, 0.25) is 0 Å². The average Bonchev–Trinajstić information content (AvgIpc) is 3.35. The third-order valence-electron chi connectivity index (χ3n) is 13.0. The number of ether oxygens (including phenoxy) is 2. The summed E-state index contributed by atoms with van der Waals surface area (Å²) in [6, 6.07) is 0. The average molecular weight is 962 g/mol. The standard InChI is InChI=1S/C64H112O5/c1-3-5-7-9-11-13-15-17-19-21-22-23-24-25-26-27-28-29-30-31-32-33-34-35-36-37-38-39-40-41-42-43-45-47-49-51-53-55-57-59-64(67)69-62(60-65)61-68-63(66)58-56-54-52-50-48-46-44-20-18-16-14-12-10-8-6-4-2/h5,7,11,13,17,19,22-23,25-26,28-29,31-32,62,65H,3-4,6,8-10,12,14-16,18,20-21,24,27,30,33-61H2,1-2H3/b7-5-,13-11-,19-17-,23-22-,26-25-,29-28-,32-31-. The fourth-order valence-corrected chi connectivity index (χ4v) is 8.54. The molecule has 0 radical (unpaired) electrons. The van der Waals surface area contributed by atoms with E-state index in [1.54, 1.807) is 0 Å². The summed E-state index contributed by atoms with van der Waals surface area (Å²) < 4.78 is 10.7. The van der Waals surface area contributed by atoms with Crippen LogP contribution >= 0.6 is 0 Å². The predicted molar refractivity (Wildman–Crippen MR) is 302 cm³/mol. The molecule has 1 atom stereocenters. The molecule has 0 saturated heterocycles. The Labute approximate surface area is 428 Å². The summed E-state index contributed by atoms with van der Waals surface area (Å²) >= 11 is 0. The predicted octanol–water partition coefficient (Wildman–Crippen LogP) is 20.1. The Morgan fingerprint density at radius 2 is 0.623 bits per heavy atom. The molecule has 0 aromatic heterocycles. The zero-order valence-corrected chi connectivity index (χ0v) is 45.6. The van der Waals surface area contributed by atoms with Crippen LogP contribution in [0.15, 0.2) is 85.1 Å². The first-order chi connectivity index (χ1) is 34.1. The van der Waals surface area contributed by atoms with Crippen molar-refractivity contribution in [3.63, 3.8) is 0 Å². The third kappa shape index (κ3) is 57.5. The van der Waals surface area contributed by atoms with Gasteiger partial charge in [-0.1, -0.05) is 292 Å². The maximum atomic E-state index is 12.3. The van der Waals surface area contributed by atoms with E-state index in [0.717, 1.165) is 83.5 Å². The lowest BCUT2D eigenvalue weighted by Gasteiger charge is -2.15. The number of hydrogen-bond donors (Lipinski definition) is 1. The molecule has 1 unspecified atom stereocenters. The number of unbranched alkanes of at least 4 members (excludes halogenated alkanes) is 32. The summed E-state index contributed by atoms with van der Waals surface area (Å²) in [5.74, 6) is -0.578. The first kappa shape index (κ1) is 66.1. The summed E-state index contributed by atoms with van der Waals surface area (Å²) in [6.07, 6.45) is 82.9. The summed E-state index contributed by atoms with van der Waals surface area (Å²) in [5, 5.41) is 9.65. The monoisotopic (exact) mass is 961 g/mol. The van der Waals surface area contributed by atoms with Gasteiger partial charge in [0, 0.05) is 12.8 Å². The zero-order valence-electron chi connectivity index (χ0n) is 45.6. The Hall–Kier alpha value is -2.92. The van der Waals surface area contributed by atoms with Crippen LogP contribution in [-0.2, 0) is 19.1 Å². The van der Waals surface area contributed by atoms with Gasteiger partial charge >= 0.3 is 11.9 Å². The first-order valence-corrected chi connectivity index (χ1v) is 29.6. The van der Waals surface area contributed by atoms with Crippen LogP contribution in [-0.4, -0.2) is 36.4 Å². The van der Waals surface area contributed by atoms with Gasteiger partial charge in [0.05, 0.1) is 6.61 Å². The van der Waals surface area contributed by atoms with Crippen LogP contribution in [0.3, 0.4) is 0 Å². The molecule has 0 rings (SSSR count). The molecule has 5 nitrogen and oxygen atoms in total. The molecule has 0 aliphatic carbocycles. The smallest absolute Gasteiger partial charge is 0.306 e. The van der Waals surface area contributed by atoms with Crippen LogP contribution in [0, 0.1) is 0 Å². The van der Waals surface area contributed by atoms with Gasteiger partial charge in [-0.3, -0.25) is 9.59 Å². The molecule has 0 spiro atoms.